The first-order chi connectivity index (χ1) is 13.6. The molecule has 148 valence electrons. The molecule has 0 amide bonds. The Labute approximate surface area is 171 Å². The molecule has 2 aromatic rings. The molecule has 1 heterocycles. The van der Waals surface area contributed by atoms with Crippen LogP contribution in [0.5, 0.6) is 5.75 Å². The fourth-order valence-electron chi connectivity index (χ4n) is 3.31. The molecule has 0 aromatic heterocycles. The van der Waals surface area contributed by atoms with Gasteiger partial charge in [0.1, 0.15) is 5.75 Å². The Balaban J connectivity index is 1.42. The van der Waals surface area contributed by atoms with E-state index in [2.05, 4.69) is 35.2 Å². The summed E-state index contributed by atoms with van der Waals surface area (Å²) >= 11 is 5.90. The zero-order chi connectivity index (χ0) is 19.8. The van der Waals surface area contributed by atoms with Crippen LogP contribution in [0.4, 0.5) is 0 Å². The third kappa shape index (κ3) is 6.39. The minimum Gasteiger partial charge on any atom is -0.494 e. The molecule has 0 bridgehead atoms. The van der Waals surface area contributed by atoms with Gasteiger partial charge in [-0.25, -0.2) is 0 Å². The van der Waals surface area contributed by atoms with E-state index in [-0.39, 0.29) is 6.42 Å². The number of carboxylic acids is 1. The fraction of sp³-hybridized carbons (Fsp3) is 0.348. The largest absolute Gasteiger partial charge is 0.494 e. The topological polar surface area (TPSA) is 49.8 Å². The quantitative estimate of drug-likeness (QED) is 0.608. The Morgan fingerprint density at radius 2 is 1.86 bits per heavy atom. The highest BCUT2D eigenvalue weighted by Gasteiger charge is 2.13. The lowest BCUT2D eigenvalue weighted by Gasteiger charge is -2.25. The molecule has 28 heavy (non-hydrogen) atoms. The van der Waals surface area contributed by atoms with Gasteiger partial charge in [0.2, 0.25) is 0 Å². The van der Waals surface area contributed by atoms with Gasteiger partial charge in [0, 0.05) is 24.7 Å². The van der Waals surface area contributed by atoms with Crippen LogP contribution in [0, 0.1) is 0 Å². The van der Waals surface area contributed by atoms with Gasteiger partial charge in [-0.3, -0.25) is 9.69 Å². The highest BCUT2D eigenvalue weighted by Crippen LogP contribution is 2.24. The number of nitrogens with zero attached hydrogens (tertiary/aromatic N) is 1. The Morgan fingerprint density at radius 3 is 2.50 bits per heavy atom. The molecule has 2 aromatic carbocycles. The summed E-state index contributed by atoms with van der Waals surface area (Å²) in [6.07, 6.45) is 5.28. The second-order valence-electron chi connectivity index (χ2n) is 7.03. The molecule has 0 radical (unpaired) electrons. The lowest BCUT2D eigenvalue weighted by atomic mass is 9.99. The van der Waals surface area contributed by atoms with Gasteiger partial charge in [-0.15, -0.1) is 0 Å². The SMILES string of the molecule is O=C(O)CCN1CC=C(c2ccc(OCCCc3ccc(Cl)cc3)cc2)CC1. The third-order valence-electron chi connectivity index (χ3n) is 4.95. The van der Waals surface area contributed by atoms with Crippen LogP contribution in [0.25, 0.3) is 5.57 Å². The van der Waals surface area contributed by atoms with E-state index >= 15 is 0 Å². The molecule has 1 aliphatic heterocycles. The molecular formula is C23H26ClNO3. The predicted molar refractivity (Wildman–Crippen MR) is 113 cm³/mol. The van der Waals surface area contributed by atoms with Gasteiger partial charge in [0.05, 0.1) is 13.0 Å². The van der Waals surface area contributed by atoms with Gasteiger partial charge >= 0.3 is 5.97 Å². The number of hydrogen-bond acceptors (Lipinski definition) is 3. The van der Waals surface area contributed by atoms with Gasteiger partial charge in [0.25, 0.3) is 0 Å². The minimum absolute atomic E-state index is 0.202. The molecular weight excluding hydrogens is 374 g/mol. The average molecular weight is 400 g/mol. The number of ether oxygens (including phenoxy) is 1. The summed E-state index contributed by atoms with van der Waals surface area (Å²) in [6.45, 7) is 3.01. The smallest absolute Gasteiger partial charge is 0.304 e. The van der Waals surface area contributed by atoms with Gasteiger partial charge in [0.15, 0.2) is 0 Å². The zero-order valence-electron chi connectivity index (χ0n) is 15.9. The Hall–Kier alpha value is -2.30. The van der Waals surface area contributed by atoms with Crippen LogP contribution in [-0.4, -0.2) is 42.2 Å². The first-order valence-electron chi connectivity index (χ1n) is 9.71. The standard InChI is InChI=1S/C23H26ClNO3/c24-21-7-3-18(4-8-21)2-1-17-28-22-9-5-19(6-10-22)20-11-14-25(15-12-20)16-13-23(26)27/h3-11H,1-2,12-17H2,(H,26,27). The van der Waals surface area contributed by atoms with Crippen molar-refractivity contribution >= 4 is 23.1 Å². The molecule has 0 saturated heterocycles. The molecule has 3 rings (SSSR count). The number of rotatable bonds is 9. The average Bonchev–Trinajstić information content (AvgIpc) is 2.72. The van der Waals surface area contributed by atoms with Crippen molar-refractivity contribution < 1.29 is 14.6 Å². The maximum atomic E-state index is 10.7. The van der Waals surface area contributed by atoms with Crippen LogP contribution in [0.15, 0.2) is 54.6 Å². The van der Waals surface area contributed by atoms with Gasteiger partial charge < -0.3 is 9.84 Å². The van der Waals surface area contributed by atoms with Crippen LogP contribution in [-0.2, 0) is 11.2 Å². The first-order valence-corrected chi connectivity index (χ1v) is 10.1. The second-order valence-corrected chi connectivity index (χ2v) is 7.46. The van der Waals surface area contributed by atoms with Crippen molar-refractivity contribution in [1.82, 2.24) is 4.90 Å². The van der Waals surface area contributed by atoms with E-state index in [4.69, 9.17) is 21.4 Å². The van der Waals surface area contributed by atoms with Crippen molar-refractivity contribution in [3.05, 3.63) is 70.8 Å². The van der Waals surface area contributed by atoms with Crippen molar-refractivity contribution in [3.63, 3.8) is 0 Å². The van der Waals surface area contributed by atoms with Crippen LogP contribution in [0.1, 0.15) is 30.4 Å². The van der Waals surface area contributed by atoms with Crippen LogP contribution >= 0.6 is 11.6 Å². The van der Waals surface area contributed by atoms with Crippen LogP contribution in [0.3, 0.4) is 0 Å². The molecule has 4 nitrogen and oxygen atoms in total. The predicted octanol–water partition coefficient (Wildman–Crippen LogP) is 4.92. The normalized spacial score (nSPS) is 14.5. The molecule has 1 aliphatic rings. The van der Waals surface area contributed by atoms with E-state index in [0.29, 0.717) is 13.2 Å². The Kier molecular flexibility index (Phi) is 7.52. The minimum atomic E-state index is -0.737. The number of halogens is 1. The van der Waals surface area contributed by atoms with Crippen molar-refractivity contribution in [2.75, 3.05) is 26.2 Å². The first kappa shape index (κ1) is 20.4. The molecule has 5 heteroatoms. The summed E-state index contributed by atoms with van der Waals surface area (Å²) in [5, 5.41) is 9.55. The van der Waals surface area contributed by atoms with E-state index in [1.807, 2.05) is 24.3 Å². The molecule has 0 fully saturated rings. The zero-order valence-corrected chi connectivity index (χ0v) is 16.7. The fourth-order valence-corrected chi connectivity index (χ4v) is 3.44. The summed E-state index contributed by atoms with van der Waals surface area (Å²) in [6, 6.07) is 16.2. The molecule has 0 aliphatic carbocycles. The number of benzene rings is 2. The monoisotopic (exact) mass is 399 g/mol. The van der Waals surface area contributed by atoms with E-state index in [0.717, 1.165) is 43.1 Å². The number of hydrogen-bond donors (Lipinski definition) is 1. The number of carbonyl (C=O) groups is 1. The molecule has 0 spiro atoms. The van der Waals surface area contributed by atoms with E-state index < -0.39 is 5.97 Å². The number of carboxylic acid groups (broad SMARTS) is 1. The maximum Gasteiger partial charge on any atom is 0.304 e. The van der Waals surface area contributed by atoms with Crippen LogP contribution in [0.2, 0.25) is 5.02 Å². The highest BCUT2D eigenvalue weighted by atomic mass is 35.5. The third-order valence-corrected chi connectivity index (χ3v) is 5.20. The summed E-state index contributed by atoms with van der Waals surface area (Å²) in [7, 11) is 0. The van der Waals surface area contributed by atoms with Gasteiger partial charge in [-0.1, -0.05) is 41.9 Å². The second kappa shape index (κ2) is 10.3. The number of aliphatic carboxylic acids is 1. The van der Waals surface area contributed by atoms with Crippen LogP contribution < -0.4 is 4.74 Å². The Morgan fingerprint density at radius 1 is 1.11 bits per heavy atom. The maximum absolute atomic E-state index is 10.7. The molecule has 0 unspecified atom stereocenters. The van der Waals surface area contributed by atoms with E-state index in [1.54, 1.807) is 0 Å². The molecule has 1 N–H and O–H groups in total. The highest BCUT2D eigenvalue weighted by molar-refractivity contribution is 6.30. The summed E-state index contributed by atoms with van der Waals surface area (Å²) in [5.41, 5.74) is 3.80. The Bertz CT molecular complexity index is 800. The summed E-state index contributed by atoms with van der Waals surface area (Å²) < 4.78 is 5.86. The van der Waals surface area contributed by atoms with Crippen molar-refractivity contribution in [3.8, 4) is 5.75 Å². The molecule has 0 saturated carbocycles. The van der Waals surface area contributed by atoms with E-state index in [9.17, 15) is 4.79 Å². The summed E-state index contributed by atoms with van der Waals surface area (Å²) in [5.74, 6) is 0.151. The van der Waals surface area contributed by atoms with Crippen molar-refractivity contribution in [1.29, 1.82) is 0 Å². The van der Waals surface area contributed by atoms with E-state index in [1.165, 1.54) is 16.7 Å². The number of aryl methyl sites for hydroxylation is 1. The molecule has 0 atom stereocenters. The summed E-state index contributed by atoms with van der Waals surface area (Å²) in [4.78, 5) is 12.9. The van der Waals surface area contributed by atoms with Gasteiger partial charge in [-0.2, -0.15) is 0 Å². The van der Waals surface area contributed by atoms with Crippen molar-refractivity contribution in [2.45, 2.75) is 25.7 Å². The van der Waals surface area contributed by atoms with Crippen molar-refractivity contribution in [2.24, 2.45) is 0 Å². The lowest BCUT2D eigenvalue weighted by molar-refractivity contribution is -0.137. The van der Waals surface area contributed by atoms with Gasteiger partial charge in [-0.05, 0) is 60.2 Å². The lowest BCUT2D eigenvalue weighted by Crippen LogP contribution is -2.30.